The van der Waals surface area contributed by atoms with E-state index in [1.165, 1.54) is 11.1 Å². The van der Waals surface area contributed by atoms with E-state index in [0.717, 1.165) is 31.6 Å². The van der Waals surface area contributed by atoms with Crippen molar-refractivity contribution < 1.29 is 4.74 Å². The van der Waals surface area contributed by atoms with E-state index in [2.05, 4.69) is 39.0 Å². The lowest BCUT2D eigenvalue weighted by Gasteiger charge is -2.16. The normalized spacial score (nSPS) is 14.3. The van der Waals surface area contributed by atoms with Crippen LogP contribution in [0.1, 0.15) is 57.6 Å². The summed E-state index contributed by atoms with van der Waals surface area (Å²) >= 11 is 0. The number of benzene rings is 1. The molecule has 0 spiro atoms. The molecule has 2 nitrogen and oxygen atoms in total. The molecule has 2 N–H and O–H groups in total. The third-order valence-electron chi connectivity index (χ3n) is 3.27. The van der Waals surface area contributed by atoms with E-state index in [4.69, 9.17) is 10.5 Å². The van der Waals surface area contributed by atoms with Crippen molar-refractivity contribution in [2.45, 2.75) is 58.9 Å². The molecule has 2 heteroatoms. The Kier molecular flexibility index (Phi) is 6.20. The molecule has 2 atom stereocenters. The van der Waals surface area contributed by atoms with Gasteiger partial charge in [0.15, 0.2) is 0 Å². The van der Waals surface area contributed by atoms with Gasteiger partial charge in [-0.15, -0.1) is 0 Å². The van der Waals surface area contributed by atoms with Crippen molar-refractivity contribution in [1.29, 1.82) is 0 Å². The zero-order valence-electron chi connectivity index (χ0n) is 12.2. The van der Waals surface area contributed by atoms with Gasteiger partial charge in [-0.05, 0) is 49.3 Å². The second-order valence-electron chi connectivity index (χ2n) is 5.21. The molecule has 1 aromatic carbocycles. The summed E-state index contributed by atoms with van der Waals surface area (Å²) < 4.78 is 5.80. The standard InChI is InChI=1S/C16H27NO/c1-5-9-18-16-8-7-14(12(3)6-2)11-15(16)10-13(4)17/h7-8,11-13H,5-6,9-10,17H2,1-4H3. The average Bonchev–Trinajstić information content (AvgIpc) is 2.35. The molecule has 0 amide bonds. The Balaban J connectivity index is 2.95. The van der Waals surface area contributed by atoms with E-state index in [0.29, 0.717) is 5.92 Å². The Labute approximate surface area is 112 Å². The van der Waals surface area contributed by atoms with E-state index in [9.17, 15) is 0 Å². The molecular formula is C16H27NO. The molecule has 1 aromatic rings. The van der Waals surface area contributed by atoms with Crippen molar-refractivity contribution in [1.82, 2.24) is 0 Å². The van der Waals surface area contributed by atoms with Gasteiger partial charge in [-0.25, -0.2) is 0 Å². The maximum atomic E-state index is 5.93. The summed E-state index contributed by atoms with van der Waals surface area (Å²) in [7, 11) is 0. The van der Waals surface area contributed by atoms with Gasteiger partial charge < -0.3 is 10.5 Å². The first-order valence-corrected chi connectivity index (χ1v) is 7.09. The highest BCUT2D eigenvalue weighted by molar-refractivity contribution is 5.39. The summed E-state index contributed by atoms with van der Waals surface area (Å²) in [5.74, 6) is 1.60. The van der Waals surface area contributed by atoms with E-state index < -0.39 is 0 Å². The highest BCUT2D eigenvalue weighted by Crippen LogP contribution is 2.27. The van der Waals surface area contributed by atoms with E-state index in [1.807, 2.05) is 6.92 Å². The first kappa shape index (κ1) is 15.0. The maximum absolute atomic E-state index is 5.93. The molecule has 0 bridgehead atoms. The van der Waals surface area contributed by atoms with Crippen molar-refractivity contribution in [3.05, 3.63) is 29.3 Å². The molecule has 0 heterocycles. The maximum Gasteiger partial charge on any atom is 0.122 e. The fourth-order valence-electron chi connectivity index (χ4n) is 2.00. The molecule has 0 saturated heterocycles. The predicted octanol–water partition coefficient (Wildman–Crippen LogP) is 3.88. The van der Waals surface area contributed by atoms with Gasteiger partial charge in [-0.2, -0.15) is 0 Å². The molecule has 102 valence electrons. The van der Waals surface area contributed by atoms with Crippen molar-refractivity contribution in [2.24, 2.45) is 5.73 Å². The molecular weight excluding hydrogens is 222 g/mol. The molecule has 2 unspecified atom stereocenters. The van der Waals surface area contributed by atoms with Crippen molar-refractivity contribution >= 4 is 0 Å². The number of hydrogen-bond acceptors (Lipinski definition) is 2. The number of ether oxygens (including phenoxy) is 1. The fraction of sp³-hybridized carbons (Fsp3) is 0.625. The fourth-order valence-corrected chi connectivity index (χ4v) is 2.00. The lowest BCUT2D eigenvalue weighted by Crippen LogP contribution is -2.18. The summed E-state index contributed by atoms with van der Waals surface area (Å²) in [5, 5.41) is 0. The second-order valence-corrected chi connectivity index (χ2v) is 5.21. The Morgan fingerprint density at radius 3 is 2.50 bits per heavy atom. The largest absolute Gasteiger partial charge is 0.493 e. The van der Waals surface area contributed by atoms with Crippen LogP contribution in [0.2, 0.25) is 0 Å². The molecule has 0 aliphatic carbocycles. The van der Waals surface area contributed by atoms with Gasteiger partial charge in [0, 0.05) is 6.04 Å². The van der Waals surface area contributed by atoms with Crippen molar-refractivity contribution in [3.8, 4) is 5.75 Å². The minimum Gasteiger partial charge on any atom is -0.493 e. The molecule has 0 aliphatic heterocycles. The summed E-state index contributed by atoms with van der Waals surface area (Å²) in [5.41, 5.74) is 8.56. The molecule has 0 saturated carbocycles. The van der Waals surface area contributed by atoms with Crippen LogP contribution in [0.3, 0.4) is 0 Å². The quantitative estimate of drug-likeness (QED) is 0.796. The van der Waals surface area contributed by atoms with Crippen LogP contribution >= 0.6 is 0 Å². The number of nitrogens with two attached hydrogens (primary N) is 1. The third kappa shape index (κ3) is 4.34. The van der Waals surface area contributed by atoms with E-state index in [-0.39, 0.29) is 6.04 Å². The average molecular weight is 249 g/mol. The Morgan fingerprint density at radius 2 is 1.94 bits per heavy atom. The molecule has 0 aliphatic rings. The van der Waals surface area contributed by atoms with Gasteiger partial charge in [0.25, 0.3) is 0 Å². The molecule has 1 rings (SSSR count). The summed E-state index contributed by atoms with van der Waals surface area (Å²) in [6.45, 7) is 9.42. The lowest BCUT2D eigenvalue weighted by molar-refractivity contribution is 0.313. The van der Waals surface area contributed by atoms with Crippen LogP contribution in [0, 0.1) is 0 Å². The van der Waals surface area contributed by atoms with Gasteiger partial charge in [0.05, 0.1) is 6.61 Å². The van der Waals surface area contributed by atoms with Crippen molar-refractivity contribution in [3.63, 3.8) is 0 Å². The highest BCUT2D eigenvalue weighted by Gasteiger charge is 2.10. The van der Waals surface area contributed by atoms with Crippen LogP contribution in [0.15, 0.2) is 18.2 Å². The Hall–Kier alpha value is -1.02. The molecule has 18 heavy (non-hydrogen) atoms. The third-order valence-corrected chi connectivity index (χ3v) is 3.27. The summed E-state index contributed by atoms with van der Waals surface area (Å²) in [6, 6.07) is 6.72. The van der Waals surface area contributed by atoms with Gasteiger partial charge in [0.1, 0.15) is 5.75 Å². The second kappa shape index (κ2) is 7.42. The SMILES string of the molecule is CCCOc1ccc(C(C)CC)cc1CC(C)N. The van der Waals surface area contributed by atoms with Crippen LogP contribution in [0.25, 0.3) is 0 Å². The minimum absolute atomic E-state index is 0.168. The van der Waals surface area contributed by atoms with E-state index in [1.54, 1.807) is 0 Å². The van der Waals surface area contributed by atoms with Crippen LogP contribution in [-0.4, -0.2) is 12.6 Å². The first-order valence-electron chi connectivity index (χ1n) is 7.09. The van der Waals surface area contributed by atoms with Gasteiger partial charge in [0.2, 0.25) is 0 Å². The van der Waals surface area contributed by atoms with Crippen LogP contribution in [0.5, 0.6) is 5.75 Å². The lowest BCUT2D eigenvalue weighted by atomic mass is 9.94. The smallest absolute Gasteiger partial charge is 0.122 e. The molecule has 0 fully saturated rings. The Morgan fingerprint density at radius 1 is 1.22 bits per heavy atom. The van der Waals surface area contributed by atoms with E-state index >= 15 is 0 Å². The topological polar surface area (TPSA) is 35.2 Å². The summed E-state index contributed by atoms with van der Waals surface area (Å²) in [6.07, 6.45) is 3.07. The van der Waals surface area contributed by atoms with Crippen molar-refractivity contribution in [2.75, 3.05) is 6.61 Å². The molecule has 0 radical (unpaired) electrons. The molecule has 0 aromatic heterocycles. The number of rotatable bonds is 7. The monoisotopic (exact) mass is 249 g/mol. The highest BCUT2D eigenvalue weighted by atomic mass is 16.5. The number of hydrogen-bond donors (Lipinski definition) is 1. The van der Waals surface area contributed by atoms with Crippen LogP contribution in [-0.2, 0) is 6.42 Å². The zero-order valence-corrected chi connectivity index (χ0v) is 12.2. The van der Waals surface area contributed by atoms with Crippen LogP contribution < -0.4 is 10.5 Å². The minimum atomic E-state index is 0.168. The Bertz CT molecular complexity index is 360. The summed E-state index contributed by atoms with van der Waals surface area (Å²) in [4.78, 5) is 0. The van der Waals surface area contributed by atoms with Gasteiger partial charge in [-0.1, -0.05) is 32.9 Å². The van der Waals surface area contributed by atoms with Gasteiger partial charge >= 0.3 is 0 Å². The van der Waals surface area contributed by atoms with Crippen LogP contribution in [0.4, 0.5) is 0 Å². The first-order chi connectivity index (χ1) is 8.58. The zero-order chi connectivity index (χ0) is 13.5. The predicted molar refractivity (Wildman–Crippen MR) is 78.3 cm³/mol. The van der Waals surface area contributed by atoms with Gasteiger partial charge in [-0.3, -0.25) is 0 Å².